The fourth-order valence-corrected chi connectivity index (χ4v) is 2.32. The molecule has 0 saturated carbocycles. The highest BCUT2D eigenvalue weighted by Gasteiger charge is 2.25. The molecule has 3 N–H and O–H groups in total. The molecule has 0 spiro atoms. The number of aromatic carboxylic acids is 1. The third-order valence-corrected chi connectivity index (χ3v) is 3.24. The van der Waals surface area contributed by atoms with Gasteiger partial charge in [-0.15, -0.1) is 0 Å². The first-order valence-electron chi connectivity index (χ1n) is 5.89. The summed E-state index contributed by atoms with van der Waals surface area (Å²) < 4.78 is 4.92. The Morgan fingerprint density at radius 2 is 2.33 bits per heavy atom. The third-order valence-electron chi connectivity index (χ3n) is 3.24. The van der Waals surface area contributed by atoms with Crippen molar-refractivity contribution in [2.45, 2.75) is 19.4 Å². The fourth-order valence-electron chi connectivity index (χ4n) is 2.32. The first kappa shape index (κ1) is 12.6. The molecular formula is C12H16N2O4. The van der Waals surface area contributed by atoms with E-state index >= 15 is 0 Å². The summed E-state index contributed by atoms with van der Waals surface area (Å²) in [6.07, 6.45) is 3.07. The number of amides is 1. The van der Waals surface area contributed by atoms with Gasteiger partial charge in [0.15, 0.2) is 0 Å². The first-order chi connectivity index (χ1) is 8.58. The lowest BCUT2D eigenvalue weighted by Gasteiger charge is -2.30. The maximum absolute atomic E-state index is 11.2. The van der Waals surface area contributed by atoms with E-state index in [2.05, 4.69) is 0 Å². The summed E-state index contributed by atoms with van der Waals surface area (Å²) in [4.78, 5) is 24.1. The van der Waals surface area contributed by atoms with E-state index in [0.717, 1.165) is 19.4 Å². The molecule has 1 atom stereocenters. The number of rotatable bonds is 4. The van der Waals surface area contributed by atoms with Crippen molar-refractivity contribution in [1.29, 1.82) is 0 Å². The van der Waals surface area contributed by atoms with Crippen LogP contribution in [0.1, 0.15) is 29.0 Å². The van der Waals surface area contributed by atoms with E-state index in [1.807, 2.05) is 4.90 Å². The van der Waals surface area contributed by atoms with Gasteiger partial charge in [0.25, 0.3) is 0 Å². The van der Waals surface area contributed by atoms with E-state index in [-0.39, 0.29) is 17.6 Å². The van der Waals surface area contributed by atoms with E-state index in [1.54, 1.807) is 6.07 Å². The SMILES string of the molecule is NC(=O)C1CCCN(Cc2ccoc2C(=O)O)C1. The van der Waals surface area contributed by atoms with Crippen LogP contribution in [0.25, 0.3) is 0 Å². The topological polar surface area (TPSA) is 96.8 Å². The van der Waals surface area contributed by atoms with Gasteiger partial charge < -0.3 is 15.3 Å². The monoisotopic (exact) mass is 252 g/mol. The molecule has 0 radical (unpaired) electrons. The third kappa shape index (κ3) is 2.70. The summed E-state index contributed by atoms with van der Waals surface area (Å²) in [5.41, 5.74) is 5.93. The molecule has 1 aliphatic rings. The van der Waals surface area contributed by atoms with Gasteiger partial charge in [-0.1, -0.05) is 0 Å². The molecule has 1 saturated heterocycles. The predicted molar refractivity (Wildman–Crippen MR) is 62.9 cm³/mol. The van der Waals surface area contributed by atoms with Crippen LogP contribution in [0.2, 0.25) is 0 Å². The van der Waals surface area contributed by atoms with E-state index in [0.29, 0.717) is 18.7 Å². The Balaban J connectivity index is 2.02. The average molecular weight is 252 g/mol. The normalized spacial score (nSPS) is 20.8. The zero-order valence-corrected chi connectivity index (χ0v) is 9.96. The fraction of sp³-hybridized carbons (Fsp3) is 0.500. The number of hydrogen-bond acceptors (Lipinski definition) is 4. The molecule has 0 bridgehead atoms. The van der Waals surface area contributed by atoms with Gasteiger partial charge in [0.2, 0.25) is 11.7 Å². The lowest BCUT2D eigenvalue weighted by Crippen LogP contribution is -2.40. The summed E-state index contributed by atoms with van der Waals surface area (Å²) >= 11 is 0. The van der Waals surface area contributed by atoms with Crippen molar-refractivity contribution in [2.75, 3.05) is 13.1 Å². The number of piperidine rings is 1. The number of furan rings is 1. The Labute approximate surface area is 104 Å². The molecule has 2 rings (SSSR count). The number of likely N-dealkylation sites (tertiary alicyclic amines) is 1. The van der Waals surface area contributed by atoms with Crippen LogP contribution in [0.4, 0.5) is 0 Å². The molecule has 6 heteroatoms. The van der Waals surface area contributed by atoms with Crippen LogP contribution in [0.5, 0.6) is 0 Å². The van der Waals surface area contributed by atoms with Gasteiger partial charge >= 0.3 is 5.97 Å². The van der Waals surface area contributed by atoms with Crippen molar-refractivity contribution in [1.82, 2.24) is 4.90 Å². The van der Waals surface area contributed by atoms with Crippen molar-refractivity contribution in [3.63, 3.8) is 0 Å². The highest BCUT2D eigenvalue weighted by atomic mass is 16.4. The lowest BCUT2D eigenvalue weighted by molar-refractivity contribution is -0.123. The van der Waals surface area contributed by atoms with Crippen LogP contribution in [0.15, 0.2) is 16.7 Å². The minimum atomic E-state index is -1.07. The number of nitrogens with zero attached hydrogens (tertiary/aromatic N) is 1. The molecule has 2 heterocycles. The highest BCUT2D eigenvalue weighted by Crippen LogP contribution is 2.20. The number of carbonyl (C=O) groups excluding carboxylic acids is 1. The summed E-state index contributed by atoms with van der Waals surface area (Å²) in [7, 11) is 0. The van der Waals surface area contributed by atoms with Crippen LogP contribution in [0, 0.1) is 5.92 Å². The number of carbonyl (C=O) groups is 2. The molecule has 6 nitrogen and oxygen atoms in total. The smallest absolute Gasteiger partial charge is 0.372 e. The summed E-state index contributed by atoms with van der Waals surface area (Å²) in [6, 6.07) is 1.65. The van der Waals surface area contributed by atoms with Crippen molar-refractivity contribution in [3.05, 3.63) is 23.7 Å². The molecule has 18 heavy (non-hydrogen) atoms. The number of carboxylic acids is 1. The second-order valence-electron chi connectivity index (χ2n) is 4.56. The second kappa shape index (κ2) is 5.22. The minimum Gasteiger partial charge on any atom is -0.475 e. The van der Waals surface area contributed by atoms with Crippen LogP contribution in [-0.4, -0.2) is 35.0 Å². The molecule has 1 amide bonds. The van der Waals surface area contributed by atoms with E-state index < -0.39 is 5.97 Å². The van der Waals surface area contributed by atoms with E-state index in [1.165, 1.54) is 6.26 Å². The van der Waals surface area contributed by atoms with Gasteiger partial charge in [0, 0.05) is 18.7 Å². The molecule has 0 aliphatic carbocycles. The minimum absolute atomic E-state index is 0.0313. The standard InChI is InChI=1S/C12H16N2O4/c13-11(15)9-2-1-4-14(7-9)6-8-3-5-18-10(8)12(16)17/h3,5,9H,1-2,4,6-7H2,(H2,13,15)(H,16,17). The van der Waals surface area contributed by atoms with Crippen molar-refractivity contribution in [3.8, 4) is 0 Å². The zero-order valence-electron chi connectivity index (χ0n) is 9.96. The molecule has 98 valence electrons. The Kier molecular flexibility index (Phi) is 3.66. The zero-order chi connectivity index (χ0) is 13.1. The van der Waals surface area contributed by atoms with E-state index in [9.17, 15) is 9.59 Å². The number of carboxylic acid groups (broad SMARTS) is 1. The van der Waals surface area contributed by atoms with Gasteiger partial charge in [-0.2, -0.15) is 0 Å². The first-order valence-corrected chi connectivity index (χ1v) is 5.89. The largest absolute Gasteiger partial charge is 0.475 e. The van der Waals surface area contributed by atoms with E-state index in [4.69, 9.17) is 15.3 Å². The molecule has 1 aromatic heterocycles. The highest BCUT2D eigenvalue weighted by molar-refractivity contribution is 5.86. The maximum atomic E-state index is 11.2. The van der Waals surface area contributed by atoms with Crippen LogP contribution < -0.4 is 5.73 Å². The van der Waals surface area contributed by atoms with Crippen LogP contribution in [-0.2, 0) is 11.3 Å². The molecule has 1 unspecified atom stereocenters. The molecule has 1 fully saturated rings. The quantitative estimate of drug-likeness (QED) is 0.821. The molecule has 0 aromatic carbocycles. The van der Waals surface area contributed by atoms with Crippen LogP contribution >= 0.6 is 0 Å². The average Bonchev–Trinajstić information content (AvgIpc) is 2.77. The van der Waals surface area contributed by atoms with Gasteiger partial charge in [-0.05, 0) is 25.5 Å². The Bertz CT molecular complexity index is 455. The van der Waals surface area contributed by atoms with Crippen LogP contribution in [0.3, 0.4) is 0 Å². The summed E-state index contributed by atoms with van der Waals surface area (Å²) in [6.45, 7) is 1.90. The van der Waals surface area contributed by atoms with Gasteiger partial charge in [0.1, 0.15) is 0 Å². The number of nitrogens with two attached hydrogens (primary N) is 1. The van der Waals surface area contributed by atoms with Gasteiger partial charge in [-0.25, -0.2) is 4.79 Å². The number of hydrogen-bond donors (Lipinski definition) is 2. The lowest BCUT2D eigenvalue weighted by atomic mass is 9.97. The van der Waals surface area contributed by atoms with Crippen molar-refractivity contribution in [2.24, 2.45) is 11.7 Å². The Morgan fingerprint density at radius 3 is 3.00 bits per heavy atom. The Morgan fingerprint density at radius 1 is 1.56 bits per heavy atom. The summed E-state index contributed by atoms with van der Waals surface area (Å²) in [5.74, 6) is -1.53. The summed E-state index contributed by atoms with van der Waals surface area (Å²) in [5, 5.41) is 8.94. The van der Waals surface area contributed by atoms with Crippen molar-refractivity contribution < 1.29 is 19.1 Å². The second-order valence-corrected chi connectivity index (χ2v) is 4.56. The maximum Gasteiger partial charge on any atom is 0.372 e. The molecule has 1 aliphatic heterocycles. The number of primary amides is 1. The van der Waals surface area contributed by atoms with Gasteiger partial charge in [0.05, 0.1) is 12.2 Å². The van der Waals surface area contributed by atoms with Gasteiger partial charge in [-0.3, -0.25) is 9.69 Å². The molecular weight excluding hydrogens is 236 g/mol. The predicted octanol–water partition coefficient (Wildman–Crippen LogP) is 0.675. The van der Waals surface area contributed by atoms with Crippen molar-refractivity contribution >= 4 is 11.9 Å². The Hall–Kier alpha value is -1.82. The molecule has 1 aromatic rings.